The number of carbonyl (C=O) groups excluding carboxylic acids is 3. The third-order valence-electron chi connectivity index (χ3n) is 12.6. The molecule has 0 saturated carbocycles. The maximum absolute atomic E-state index is 14.9. The SMILES string of the molecule is CCCC(=O)Oc1cc2c(cc1OC)[C@@]1(CS[C@@H]3c4c(OC(C)=O)c(C)c5c(c4C(COC1=O)N1C3[C@@H]3N[C@@H](Cc4cc(C)c(OC)c(O)c43)[C@@H]1C#N)OCO5)NCC2. The van der Waals surface area contributed by atoms with E-state index in [4.69, 9.17) is 33.2 Å². The molecule has 7 heterocycles. The van der Waals surface area contributed by atoms with E-state index in [-0.39, 0.29) is 49.1 Å². The maximum Gasteiger partial charge on any atom is 0.331 e. The Morgan fingerprint density at radius 3 is 2.56 bits per heavy atom. The Hall–Kier alpha value is -5.21. The number of piperazine rings is 1. The van der Waals surface area contributed by atoms with E-state index in [1.165, 1.54) is 32.9 Å². The molecule has 3 aromatic carbocycles. The number of phenols is 1. The second kappa shape index (κ2) is 14.8. The second-order valence-electron chi connectivity index (χ2n) is 15.9. The Balaban J connectivity index is 1.27. The maximum atomic E-state index is 14.9. The highest BCUT2D eigenvalue weighted by Gasteiger charge is 2.60. The molecule has 0 aromatic heterocycles. The zero-order valence-electron chi connectivity index (χ0n) is 33.7. The van der Waals surface area contributed by atoms with Gasteiger partial charge < -0.3 is 43.6 Å². The van der Waals surface area contributed by atoms with Crippen LogP contribution in [0.15, 0.2) is 18.2 Å². The quantitative estimate of drug-likeness (QED) is 0.230. The fourth-order valence-electron chi connectivity index (χ4n) is 10.2. The second-order valence-corrected chi connectivity index (χ2v) is 17.0. The molecule has 10 rings (SSSR count). The summed E-state index contributed by atoms with van der Waals surface area (Å²) in [5, 5.41) is 29.7. The van der Waals surface area contributed by atoms with Gasteiger partial charge in [-0.1, -0.05) is 13.0 Å². The van der Waals surface area contributed by atoms with Crippen molar-refractivity contribution in [1.29, 1.82) is 5.26 Å². The first-order chi connectivity index (χ1) is 28.5. The van der Waals surface area contributed by atoms with Gasteiger partial charge in [0.1, 0.15) is 18.4 Å². The molecule has 2 fully saturated rings. The number of rotatable bonds is 6. The summed E-state index contributed by atoms with van der Waals surface area (Å²) in [6.45, 7) is 7.09. The van der Waals surface area contributed by atoms with Crippen LogP contribution in [0.2, 0.25) is 0 Å². The number of hydrogen-bond acceptors (Lipinski definition) is 16. The predicted molar refractivity (Wildman–Crippen MR) is 212 cm³/mol. The van der Waals surface area contributed by atoms with Crippen LogP contribution in [0.4, 0.5) is 0 Å². The van der Waals surface area contributed by atoms with Crippen molar-refractivity contribution in [3.63, 3.8) is 0 Å². The molecule has 7 aliphatic rings. The van der Waals surface area contributed by atoms with E-state index in [0.29, 0.717) is 82.4 Å². The number of ether oxygens (including phenoxy) is 7. The van der Waals surface area contributed by atoms with Crippen molar-refractivity contribution in [2.24, 2.45) is 0 Å². The van der Waals surface area contributed by atoms with E-state index in [2.05, 4.69) is 21.6 Å². The largest absolute Gasteiger partial charge is 0.504 e. The fourth-order valence-corrected chi connectivity index (χ4v) is 11.9. The molecule has 1 spiro atoms. The molecule has 310 valence electrons. The van der Waals surface area contributed by atoms with Crippen molar-refractivity contribution in [2.45, 2.75) is 94.4 Å². The number of phenolic OH excluding ortho intramolecular Hbond substituents is 1. The van der Waals surface area contributed by atoms with Crippen LogP contribution in [0.3, 0.4) is 0 Å². The monoisotopic (exact) mass is 826 g/mol. The van der Waals surface area contributed by atoms with Crippen molar-refractivity contribution in [3.05, 3.63) is 62.7 Å². The summed E-state index contributed by atoms with van der Waals surface area (Å²) < 4.78 is 42.1. The smallest absolute Gasteiger partial charge is 0.331 e. The lowest BCUT2D eigenvalue weighted by Crippen LogP contribution is -2.69. The molecule has 16 heteroatoms. The zero-order valence-corrected chi connectivity index (χ0v) is 34.5. The molecule has 7 aliphatic heterocycles. The average molecular weight is 827 g/mol. The molecule has 7 atom stereocenters. The van der Waals surface area contributed by atoms with Gasteiger partial charge in [0.15, 0.2) is 40.0 Å². The first kappa shape index (κ1) is 39.3. The van der Waals surface area contributed by atoms with E-state index >= 15 is 0 Å². The summed E-state index contributed by atoms with van der Waals surface area (Å²) in [5.41, 5.74) is 4.23. The summed E-state index contributed by atoms with van der Waals surface area (Å²) in [7, 11) is 3.01. The topological polar surface area (TPSA) is 187 Å². The van der Waals surface area contributed by atoms with Gasteiger partial charge in [0.2, 0.25) is 6.79 Å². The number of fused-ring (bicyclic) bond motifs is 9. The Kier molecular flexibility index (Phi) is 9.85. The van der Waals surface area contributed by atoms with Crippen LogP contribution in [0.5, 0.6) is 40.2 Å². The number of benzene rings is 3. The van der Waals surface area contributed by atoms with Gasteiger partial charge in [0.25, 0.3) is 0 Å². The van der Waals surface area contributed by atoms with Crippen LogP contribution >= 0.6 is 11.8 Å². The molecule has 3 N–H and O–H groups in total. The highest BCUT2D eigenvalue weighted by molar-refractivity contribution is 7.99. The minimum atomic E-state index is -1.40. The zero-order chi connectivity index (χ0) is 41.5. The van der Waals surface area contributed by atoms with Crippen molar-refractivity contribution in [2.75, 3.05) is 39.9 Å². The van der Waals surface area contributed by atoms with Crippen molar-refractivity contribution < 1.29 is 52.6 Å². The van der Waals surface area contributed by atoms with E-state index in [1.807, 2.05) is 26.8 Å². The van der Waals surface area contributed by atoms with Gasteiger partial charge >= 0.3 is 17.9 Å². The lowest BCUT2D eigenvalue weighted by molar-refractivity contribution is -0.155. The third-order valence-corrected chi connectivity index (χ3v) is 14.1. The third kappa shape index (κ3) is 5.91. The first-order valence-corrected chi connectivity index (χ1v) is 20.9. The lowest BCUT2D eigenvalue weighted by Gasteiger charge is -2.59. The Labute approximate surface area is 345 Å². The molecular formula is C43H46N4O11S. The molecular weight excluding hydrogens is 781 g/mol. The summed E-state index contributed by atoms with van der Waals surface area (Å²) >= 11 is 1.46. The van der Waals surface area contributed by atoms with Crippen LogP contribution in [-0.2, 0) is 37.5 Å². The first-order valence-electron chi connectivity index (χ1n) is 19.9. The predicted octanol–water partition coefficient (Wildman–Crippen LogP) is 4.64. The van der Waals surface area contributed by atoms with Crippen molar-refractivity contribution in [3.8, 4) is 46.3 Å². The molecule has 59 heavy (non-hydrogen) atoms. The van der Waals surface area contributed by atoms with Crippen LogP contribution in [-0.4, -0.2) is 86.0 Å². The normalized spacial score (nSPS) is 27.3. The van der Waals surface area contributed by atoms with Crippen LogP contribution in [0, 0.1) is 25.2 Å². The molecule has 15 nitrogen and oxygen atoms in total. The van der Waals surface area contributed by atoms with Gasteiger partial charge in [0.05, 0.1) is 37.6 Å². The molecule has 4 bridgehead atoms. The molecule has 2 unspecified atom stereocenters. The number of hydrogen-bond donors (Lipinski definition) is 3. The minimum Gasteiger partial charge on any atom is -0.504 e. The number of thioether (sulfide) groups is 1. The van der Waals surface area contributed by atoms with Crippen LogP contribution in [0.25, 0.3) is 0 Å². The summed E-state index contributed by atoms with van der Waals surface area (Å²) in [6.07, 6.45) is 1.85. The van der Waals surface area contributed by atoms with Gasteiger partial charge in [-0.25, -0.2) is 4.79 Å². The van der Waals surface area contributed by atoms with E-state index in [0.717, 1.165) is 16.7 Å². The number of nitrogens with zero attached hydrogens (tertiary/aromatic N) is 2. The van der Waals surface area contributed by atoms with E-state index in [1.54, 1.807) is 12.1 Å². The van der Waals surface area contributed by atoms with Crippen LogP contribution in [0.1, 0.15) is 88.5 Å². The molecule has 0 radical (unpaired) electrons. The van der Waals surface area contributed by atoms with E-state index < -0.39 is 46.9 Å². The summed E-state index contributed by atoms with van der Waals surface area (Å²) in [6, 6.07) is 5.16. The van der Waals surface area contributed by atoms with Gasteiger partial charge in [-0.3, -0.25) is 19.8 Å². The van der Waals surface area contributed by atoms with Crippen molar-refractivity contribution in [1.82, 2.24) is 15.5 Å². The number of esters is 3. The fraction of sp³-hybridized carbons (Fsp3) is 0.488. The number of nitriles is 1. The van der Waals surface area contributed by atoms with Crippen molar-refractivity contribution >= 4 is 29.7 Å². The van der Waals surface area contributed by atoms with Gasteiger partial charge in [-0.15, -0.1) is 11.8 Å². The Bertz CT molecular complexity index is 2350. The van der Waals surface area contributed by atoms with E-state index in [9.17, 15) is 24.8 Å². The number of carbonyl (C=O) groups is 3. The highest BCUT2D eigenvalue weighted by Crippen LogP contribution is 2.63. The average Bonchev–Trinajstić information content (AvgIpc) is 3.70. The number of aryl methyl sites for hydroxylation is 1. The Morgan fingerprint density at radius 2 is 1.83 bits per heavy atom. The Morgan fingerprint density at radius 1 is 1.03 bits per heavy atom. The number of aromatic hydroxyl groups is 1. The molecule has 0 aliphatic carbocycles. The summed E-state index contributed by atoms with van der Waals surface area (Å²) in [5.74, 6) is 0.805. The molecule has 2 saturated heterocycles. The van der Waals surface area contributed by atoms with Gasteiger partial charge in [-0.2, -0.15) is 5.26 Å². The number of methoxy groups -OCH3 is 2. The minimum absolute atomic E-state index is 0.0161. The summed E-state index contributed by atoms with van der Waals surface area (Å²) in [4.78, 5) is 42.7. The lowest BCUT2D eigenvalue weighted by atomic mass is 9.72. The molecule has 3 aromatic rings. The standard InChI is InChI=1S/C43H46N4O11S/c1-7-8-30(49)58-29-13-22-9-10-45-43(24(22)14-28(29)52-5)17-59-41-33-32(40-39(55-18-56-40)20(3)38(33)57-21(4)48)27(16-54-42(43)51)47-26(15-44)25-12-23-11-19(2)37(53-6)36(50)31(23)34(46-25)35(41)47/h11,13-14,25-27,34-35,41,45-46,50H,7-10,12,16-18H2,1-6H3/t25-,26-,27?,34+,35?,41+,43+/m0/s1. The number of nitrogens with one attached hydrogen (secondary N) is 2. The highest BCUT2D eigenvalue weighted by atomic mass is 32.2. The van der Waals surface area contributed by atoms with Gasteiger partial charge in [-0.05, 0) is 67.5 Å². The van der Waals surface area contributed by atoms with Gasteiger partial charge in [0, 0.05) is 60.0 Å². The molecule has 0 amide bonds. The van der Waals surface area contributed by atoms with Crippen LogP contribution < -0.4 is 39.1 Å².